The molecule has 0 spiro atoms. The van der Waals surface area contributed by atoms with E-state index in [0.29, 0.717) is 0 Å². The first kappa shape index (κ1) is 27.7. The van der Waals surface area contributed by atoms with Crippen molar-refractivity contribution in [2.45, 2.75) is 71.6 Å². The van der Waals surface area contributed by atoms with Crippen LogP contribution in [0.4, 0.5) is 17.1 Å². The normalized spacial score (nSPS) is 18.5. The largest absolute Gasteiger partial charge is 0.310 e. The summed E-state index contributed by atoms with van der Waals surface area (Å²) in [5.41, 5.74) is 14.4. The molecule has 2 aliphatic rings. The molecule has 7 rings (SSSR count). The first-order valence-corrected chi connectivity index (χ1v) is 15.7. The molecule has 5 aromatic carbocycles. The van der Waals surface area contributed by atoms with Gasteiger partial charge < -0.3 is 4.90 Å². The lowest BCUT2D eigenvalue weighted by Gasteiger charge is -2.44. The number of fused-ring (bicyclic) bond motifs is 3. The summed E-state index contributed by atoms with van der Waals surface area (Å²) in [6, 6.07) is 42.8. The number of hydrogen-bond acceptors (Lipinski definition) is 1. The summed E-state index contributed by atoms with van der Waals surface area (Å²) in [4.78, 5) is 2.55. The van der Waals surface area contributed by atoms with Crippen molar-refractivity contribution in [3.8, 4) is 22.3 Å². The van der Waals surface area contributed by atoms with E-state index >= 15 is 0 Å². The van der Waals surface area contributed by atoms with E-state index in [1.807, 2.05) is 0 Å². The van der Waals surface area contributed by atoms with Gasteiger partial charge >= 0.3 is 0 Å². The van der Waals surface area contributed by atoms with Crippen molar-refractivity contribution in [2.24, 2.45) is 5.41 Å². The second kappa shape index (κ2) is 9.20. The zero-order valence-corrected chi connectivity index (χ0v) is 26.9. The molecule has 0 radical (unpaired) electrons. The van der Waals surface area contributed by atoms with Crippen molar-refractivity contribution >= 4 is 17.1 Å². The molecule has 43 heavy (non-hydrogen) atoms. The van der Waals surface area contributed by atoms with Crippen LogP contribution in [-0.2, 0) is 16.2 Å². The van der Waals surface area contributed by atoms with Crippen LogP contribution in [0, 0.1) is 5.41 Å². The van der Waals surface area contributed by atoms with Gasteiger partial charge in [0.15, 0.2) is 0 Å². The molecule has 0 N–H and O–H groups in total. The molecule has 1 aliphatic carbocycles. The highest BCUT2D eigenvalue weighted by atomic mass is 15.2. The van der Waals surface area contributed by atoms with Gasteiger partial charge in [-0.2, -0.15) is 0 Å². The molecule has 216 valence electrons. The van der Waals surface area contributed by atoms with E-state index in [1.54, 1.807) is 0 Å². The summed E-state index contributed by atoms with van der Waals surface area (Å²) in [5, 5.41) is 0. The predicted octanol–water partition coefficient (Wildman–Crippen LogP) is 11.7. The molecule has 1 aliphatic heterocycles. The first-order chi connectivity index (χ1) is 20.4. The maximum Gasteiger partial charge on any atom is 0.0505 e. The molecular formula is C42H43N. The van der Waals surface area contributed by atoms with Crippen LogP contribution in [0.5, 0.6) is 0 Å². The van der Waals surface area contributed by atoms with Crippen molar-refractivity contribution in [3.05, 3.63) is 138 Å². The Balaban J connectivity index is 1.55. The lowest BCUT2D eigenvalue weighted by molar-refractivity contribution is 0.125. The fraction of sp³-hybridized carbons (Fsp3) is 0.286. The summed E-state index contributed by atoms with van der Waals surface area (Å²) < 4.78 is 0. The third-order valence-corrected chi connectivity index (χ3v) is 11.7. The van der Waals surface area contributed by atoms with Crippen LogP contribution in [0.25, 0.3) is 22.3 Å². The van der Waals surface area contributed by atoms with Crippen LogP contribution < -0.4 is 4.90 Å². The summed E-state index contributed by atoms with van der Waals surface area (Å²) in [5.74, 6) is 0. The van der Waals surface area contributed by atoms with Crippen molar-refractivity contribution in [1.82, 2.24) is 0 Å². The number of hydrogen-bond donors (Lipinski definition) is 0. The van der Waals surface area contributed by atoms with Gasteiger partial charge in [-0.1, -0.05) is 140 Å². The van der Waals surface area contributed by atoms with Crippen molar-refractivity contribution < 1.29 is 0 Å². The maximum absolute atomic E-state index is 2.57. The third-order valence-electron chi connectivity index (χ3n) is 11.7. The highest BCUT2D eigenvalue weighted by Gasteiger charge is 2.57. The Morgan fingerprint density at radius 2 is 0.884 bits per heavy atom. The SMILES string of the molecule is CC1(C)c2ccccc2N(c2cc(-c3ccccc3)cc(-c3ccccc3)c2)c2cc3c(cc21)C(C)(C)C(C)(C)C3(C)C. The fourth-order valence-electron chi connectivity index (χ4n) is 7.85. The monoisotopic (exact) mass is 561 g/mol. The topological polar surface area (TPSA) is 3.24 Å². The summed E-state index contributed by atoms with van der Waals surface area (Å²) >= 11 is 0. The molecule has 0 fully saturated rings. The van der Waals surface area contributed by atoms with E-state index in [4.69, 9.17) is 0 Å². The van der Waals surface area contributed by atoms with E-state index in [0.717, 1.165) is 0 Å². The number of rotatable bonds is 3. The van der Waals surface area contributed by atoms with Gasteiger partial charge in [0.05, 0.1) is 11.4 Å². The van der Waals surface area contributed by atoms with Crippen LogP contribution in [0.2, 0.25) is 0 Å². The van der Waals surface area contributed by atoms with Gasteiger partial charge in [-0.3, -0.25) is 0 Å². The fourth-order valence-corrected chi connectivity index (χ4v) is 7.85. The molecule has 1 heteroatoms. The second-order valence-electron chi connectivity index (χ2n) is 14.8. The minimum Gasteiger partial charge on any atom is -0.310 e. The highest BCUT2D eigenvalue weighted by molar-refractivity contribution is 5.90. The zero-order chi connectivity index (χ0) is 30.4. The molecule has 0 aromatic heterocycles. The Morgan fingerprint density at radius 3 is 1.44 bits per heavy atom. The van der Waals surface area contributed by atoms with Gasteiger partial charge in [0.2, 0.25) is 0 Å². The Hall–Kier alpha value is -4.10. The van der Waals surface area contributed by atoms with Crippen LogP contribution in [0.1, 0.15) is 77.6 Å². The van der Waals surface area contributed by atoms with Gasteiger partial charge in [0.1, 0.15) is 0 Å². The zero-order valence-electron chi connectivity index (χ0n) is 26.9. The van der Waals surface area contributed by atoms with Crippen molar-refractivity contribution in [2.75, 3.05) is 4.90 Å². The first-order valence-electron chi connectivity index (χ1n) is 15.7. The summed E-state index contributed by atoms with van der Waals surface area (Å²) in [6.45, 7) is 19.5. The van der Waals surface area contributed by atoms with Crippen LogP contribution in [0.3, 0.4) is 0 Å². The van der Waals surface area contributed by atoms with E-state index in [2.05, 4.69) is 176 Å². The molecule has 0 saturated heterocycles. The number of anilines is 3. The summed E-state index contributed by atoms with van der Waals surface area (Å²) in [6.07, 6.45) is 0. The molecule has 5 aromatic rings. The number of para-hydroxylation sites is 1. The lowest BCUT2D eigenvalue weighted by atomic mass is 9.59. The molecule has 0 saturated carbocycles. The molecule has 0 unspecified atom stereocenters. The number of nitrogens with zero attached hydrogens (tertiary/aromatic N) is 1. The summed E-state index contributed by atoms with van der Waals surface area (Å²) in [7, 11) is 0. The van der Waals surface area contributed by atoms with Gasteiger partial charge in [-0.15, -0.1) is 0 Å². The van der Waals surface area contributed by atoms with E-state index in [1.165, 1.54) is 61.6 Å². The number of benzene rings is 5. The predicted molar refractivity (Wildman–Crippen MR) is 184 cm³/mol. The quantitative estimate of drug-likeness (QED) is 0.212. The van der Waals surface area contributed by atoms with Crippen LogP contribution >= 0.6 is 0 Å². The van der Waals surface area contributed by atoms with Crippen molar-refractivity contribution in [1.29, 1.82) is 0 Å². The molecule has 0 bridgehead atoms. The molecule has 1 nitrogen and oxygen atoms in total. The Kier molecular flexibility index (Phi) is 5.93. The van der Waals surface area contributed by atoms with Crippen LogP contribution in [0.15, 0.2) is 115 Å². The molecule has 1 heterocycles. The Labute approximate surface area is 258 Å². The van der Waals surface area contributed by atoms with Gasteiger partial charge in [-0.05, 0) is 91.1 Å². The average molecular weight is 562 g/mol. The van der Waals surface area contributed by atoms with Gasteiger partial charge in [0, 0.05) is 11.1 Å². The molecular weight excluding hydrogens is 518 g/mol. The Morgan fingerprint density at radius 1 is 0.395 bits per heavy atom. The third kappa shape index (κ3) is 3.83. The lowest BCUT2D eigenvalue weighted by Crippen LogP contribution is -2.42. The van der Waals surface area contributed by atoms with E-state index in [9.17, 15) is 0 Å². The Bertz CT molecular complexity index is 1800. The van der Waals surface area contributed by atoms with Gasteiger partial charge in [0.25, 0.3) is 0 Å². The van der Waals surface area contributed by atoms with Crippen LogP contribution in [-0.4, -0.2) is 0 Å². The second-order valence-corrected chi connectivity index (χ2v) is 14.8. The van der Waals surface area contributed by atoms with E-state index in [-0.39, 0.29) is 21.7 Å². The van der Waals surface area contributed by atoms with E-state index < -0.39 is 0 Å². The molecule has 0 amide bonds. The standard InChI is InChI=1S/C42H43N/c1-39(2)33-21-15-16-22-37(33)43(38-27-35-34(26-36(38)39)40(3,4)42(7,8)41(35,5)6)32-24-30(28-17-11-9-12-18-28)23-31(25-32)29-19-13-10-14-20-29/h9-27H,1-8H3. The maximum atomic E-state index is 2.57. The smallest absolute Gasteiger partial charge is 0.0505 e. The highest BCUT2D eigenvalue weighted by Crippen LogP contribution is 2.64. The average Bonchev–Trinajstić information content (AvgIpc) is 3.11. The minimum absolute atomic E-state index is 0.0225. The van der Waals surface area contributed by atoms with Gasteiger partial charge in [-0.25, -0.2) is 0 Å². The minimum atomic E-state index is -0.135. The van der Waals surface area contributed by atoms with Crippen molar-refractivity contribution in [3.63, 3.8) is 0 Å². The molecule has 0 atom stereocenters.